The van der Waals surface area contributed by atoms with Crippen LogP contribution in [0.5, 0.6) is 0 Å². The van der Waals surface area contributed by atoms with Crippen LogP contribution in [-0.2, 0) is 6.18 Å². The summed E-state index contributed by atoms with van der Waals surface area (Å²) in [6, 6.07) is 18.2. The number of benzene rings is 3. The van der Waals surface area contributed by atoms with Crippen molar-refractivity contribution in [1.29, 1.82) is 0 Å². The summed E-state index contributed by atoms with van der Waals surface area (Å²) in [5.41, 5.74) is 1.01. The van der Waals surface area contributed by atoms with E-state index in [1.165, 1.54) is 36.0 Å². The fourth-order valence-electron chi connectivity index (χ4n) is 2.37. The van der Waals surface area contributed by atoms with Gasteiger partial charge in [0.15, 0.2) is 0 Å². The zero-order valence-electron chi connectivity index (χ0n) is 14.8. The molecule has 29 heavy (non-hydrogen) atoms. The second-order valence-electron chi connectivity index (χ2n) is 5.92. The predicted octanol–water partition coefficient (Wildman–Crippen LogP) is 8.03. The number of hydrogen-bond acceptors (Lipinski definition) is 2. The van der Waals surface area contributed by atoms with Crippen LogP contribution in [0.3, 0.4) is 0 Å². The highest BCUT2D eigenvalue weighted by Crippen LogP contribution is 2.29. The van der Waals surface area contributed by atoms with E-state index in [2.05, 4.69) is 20.9 Å². The highest BCUT2D eigenvalue weighted by molar-refractivity contribution is 9.10. The molecule has 7 heteroatoms. The van der Waals surface area contributed by atoms with Crippen LogP contribution >= 0.6 is 27.7 Å². The van der Waals surface area contributed by atoms with Gasteiger partial charge in [-0.2, -0.15) is 13.2 Å². The summed E-state index contributed by atoms with van der Waals surface area (Å²) in [5.74, 6) is -0.319. The van der Waals surface area contributed by atoms with E-state index in [1.807, 2.05) is 12.1 Å². The summed E-state index contributed by atoms with van der Waals surface area (Å²) < 4.78 is 52.5. The van der Waals surface area contributed by atoms with Gasteiger partial charge in [0, 0.05) is 14.9 Å². The summed E-state index contributed by atoms with van der Waals surface area (Å²) in [5, 5.41) is 1.77. The quantitative estimate of drug-likeness (QED) is 0.205. The number of rotatable bonds is 5. The Hall–Kier alpha value is -2.38. The average molecular weight is 480 g/mol. The number of allylic oxidation sites excluding steroid dienone is 1. The molecule has 0 fully saturated rings. The minimum Gasteiger partial charge on any atom is -0.248 e. The Labute approximate surface area is 178 Å². The van der Waals surface area contributed by atoms with Crippen molar-refractivity contribution in [3.63, 3.8) is 0 Å². The van der Waals surface area contributed by atoms with Gasteiger partial charge in [-0.1, -0.05) is 39.8 Å². The van der Waals surface area contributed by atoms with Gasteiger partial charge in [-0.05, 0) is 72.1 Å². The van der Waals surface area contributed by atoms with Crippen LogP contribution in [0.4, 0.5) is 23.2 Å². The van der Waals surface area contributed by atoms with Gasteiger partial charge >= 0.3 is 6.18 Å². The molecular formula is C22H14BrF4NS. The molecule has 0 saturated heterocycles. The van der Waals surface area contributed by atoms with Crippen molar-refractivity contribution in [2.45, 2.75) is 11.1 Å². The summed E-state index contributed by atoms with van der Waals surface area (Å²) in [6.45, 7) is 0. The third kappa shape index (κ3) is 6.30. The summed E-state index contributed by atoms with van der Waals surface area (Å²) >= 11 is 4.71. The number of thioether (sulfide) groups is 1. The molecule has 0 atom stereocenters. The zero-order chi connectivity index (χ0) is 20.9. The molecule has 0 radical (unpaired) electrons. The van der Waals surface area contributed by atoms with Crippen molar-refractivity contribution >= 4 is 39.1 Å². The number of nitrogens with zero attached hydrogens (tertiary/aromatic N) is 1. The number of aliphatic imine (C=N–C) groups is 1. The lowest BCUT2D eigenvalue weighted by Crippen LogP contribution is -2.05. The Kier molecular flexibility index (Phi) is 6.92. The zero-order valence-corrected chi connectivity index (χ0v) is 17.2. The van der Waals surface area contributed by atoms with Gasteiger partial charge in [-0.3, -0.25) is 0 Å². The van der Waals surface area contributed by atoms with Crippen LogP contribution in [0, 0.1) is 5.82 Å². The Morgan fingerprint density at radius 2 is 1.48 bits per heavy atom. The highest BCUT2D eigenvalue weighted by atomic mass is 79.9. The van der Waals surface area contributed by atoms with E-state index in [1.54, 1.807) is 35.7 Å². The molecule has 0 amide bonds. The van der Waals surface area contributed by atoms with Crippen LogP contribution in [0.15, 0.2) is 98.6 Å². The first-order valence-corrected chi connectivity index (χ1v) is 10.1. The first-order valence-electron chi connectivity index (χ1n) is 8.42. The minimum absolute atomic E-state index is 0.319. The average Bonchev–Trinajstić information content (AvgIpc) is 2.70. The third-order valence-electron chi connectivity index (χ3n) is 3.83. The van der Waals surface area contributed by atoms with Gasteiger partial charge in [-0.15, -0.1) is 0 Å². The van der Waals surface area contributed by atoms with E-state index in [9.17, 15) is 17.6 Å². The standard InChI is InChI=1S/C22H14BrF4NS/c23-17-5-9-19(10-6-17)28-21(13-14-29-20-11-7-18(24)8-12-20)15-1-3-16(4-2-15)22(25,26)27/h1-14H. The Balaban J connectivity index is 1.89. The number of alkyl halides is 3. The number of halogens is 5. The molecule has 0 bridgehead atoms. The first-order chi connectivity index (χ1) is 13.8. The molecule has 1 nitrogen and oxygen atoms in total. The normalized spacial score (nSPS) is 12.5. The minimum atomic E-state index is -4.39. The lowest BCUT2D eigenvalue weighted by atomic mass is 10.1. The Morgan fingerprint density at radius 1 is 0.862 bits per heavy atom. The van der Waals surface area contributed by atoms with E-state index in [0.29, 0.717) is 17.0 Å². The third-order valence-corrected chi connectivity index (χ3v) is 5.17. The maximum absolute atomic E-state index is 13.0. The summed E-state index contributed by atoms with van der Waals surface area (Å²) in [6.07, 6.45) is -2.67. The molecule has 148 valence electrons. The molecular weight excluding hydrogens is 466 g/mol. The van der Waals surface area contributed by atoms with Crippen LogP contribution in [0.25, 0.3) is 0 Å². The molecule has 0 aliphatic heterocycles. The fourth-order valence-corrected chi connectivity index (χ4v) is 3.28. The van der Waals surface area contributed by atoms with E-state index >= 15 is 0 Å². The molecule has 3 aromatic rings. The Bertz CT molecular complexity index is 1010. The smallest absolute Gasteiger partial charge is 0.248 e. The van der Waals surface area contributed by atoms with Gasteiger partial charge in [0.05, 0.1) is 17.0 Å². The van der Waals surface area contributed by atoms with Crippen molar-refractivity contribution in [2.75, 3.05) is 0 Å². The first kappa shape index (κ1) is 21.3. The topological polar surface area (TPSA) is 12.4 Å². The highest BCUT2D eigenvalue weighted by Gasteiger charge is 2.30. The van der Waals surface area contributed by atoms with Gasteiger partial charge in [-0.25, -0.2) is 9.38 Å². The van der Waals surface area contributed by atoms with Crippen molar-refractivity contribution in [2.24, 2.45) is 4.99 Å². The molecule has 0 unspecified atom stereocenters. The molecule has 0 heterocycles. The van der Waals surface area contributed by atoms with Gasteiger partial charge in [0.25, 0.3) is 0 Å². The lowest BCUT2D eigenvalue weighted by Gasteiger charge is -2.08. The molecule has 0 aromatic heterocycles. The molecule has 0 saturated carbocycles. The van der Waals surface area contributed by atoms with Crippen LogP contribution in [0.1, 0.15) is 11.1 Å². The van der Waals surface area contributed by atoms with E-state index < -0.39 is 11.7 Å². The molecule has 0 aliphatic rings. The Morgan fingerprint density at radius 3 is 2.07 bits per heavy atom. The second-order valence-corrected chi connectivity index (χ2v) is 7.82. The lowest BCUT2D eigenvalue weighted by molar-refractivity contribution is -0.137. The second kappa shape index (κ2) is 9.41. The largest absolute Gasteiger partial charge is 0.416 e. The van der Waals surface area contributed by atoms with Crippen LogP contribution < -0.4 is 0 Å². The molecule has 3 rings (SSSR count). The van der Waals surface area contributed by atoms with E-state index in [4.69, 9.17) is 0 Å². The van der Waals surface area contributed by atoms with Gasteiger partial charge in [0.2, 0.25) is 0 Å². The SMILES string of the molecule is Fc1ccc(SC=CC(=Nc2ccc(Br)cc2)c2ccc(C(F)(F)F)cc2)cc1. The van der Waals surface area contributed by atoms with Crippen LogP contribution in [-0.4, -0.2) is 5.71 Å². The molecule has 0 N–H and O–H groups in total. The summed E-state index contributed by atoms with van der Waals surface area (Å²) in [4.78, 5) is 5.39. The molecule has 0 spiro atoms. The maximum atomic E-state index is 13.0. The van der Waals surface area contributed by atoms with Gasteiger partial charge in [0.1, 0.15) is 5.82 Å². The predicted molar refractivity (Wildman–Crippen MR) is 113 cm³/mol. The van der Waals surface area contributed by atoms with Crippen molar-refractivity contribution in [1.82, 2.24) is 0 Å². The van der Waals surface area contributed by atoms with Crippen LogP contribution in [0.2, 0.25) is 0 Å². The summed E-state index contributed by atoms with van der Waals surface area (Å²) in [7, 11) is 0. The van der Waals surface area contributed by atoms with Crippen molar-refractivity contribution in [3.8, 4) is 0 Å². The van der Waals surface area contributed by atoms with E-state index in [0.717, 1.165) is 21.5 Å². The van der Waals surface area contributed by atoms with Crippen molar-refractivity contribution in [3.05, 3.63) is 106 Å². The number of hydrogen-bond donors (Lipinski definition) is 0. The van der Waals surface area contributed by atoms with Gasteiger partial charge < -0.3 is 0 Å². The fraction of sp³-hybridized carbons (Fsp3) is 0.0455. The maximum Gasteiger partial charge on any atom is 0.416 e. The molecule has 0 aliphatic carbocycles. The monoisotopic (exact) mass is 479 g/mol. The molecule has 3 aromatic carbocycles. The van der Waals surface area contributed by atoms with E-state index in [-0.39, 0.29) is 5.82 Å². The van der Waals surface area contributed by atoms with Crippen molar-refractivity contribution < 1.29 is 17.6 Å².